The van der Waals surface area contributed by atoms with E-state index in [2.05, 4.69) is 23.6 Å². The van der Waals surface area contributed by atoms with Crippen LogP contribution in [0, 0.1) is 5.92 Å². The predicted octanol–water partition coefficient (Wildman–Crippen LogP) is 1.84. The molecule has 1 heterocycles. The number of hydrogen-bond donors (Lipinski definition) is 2. The van der Waals surface area contributed by atoms with Gasteiger partial charge in [-0.25, -0.2) is 0 Å². The highest BCUT2D eigenvalue weighted by Crippen LogP contribution is 2.15. The number of carbonyl (C=O) groups is 1. The molecule has 2 atom stereocenters. The highest BCUT2D eigenvalue weighted by molar-refractivity contribution is 5.82. The topological polar surface area (TPSA) is 50.4 Å². The van der Waals surface area contributed by atoms with Gasteiger partial charge in [0.2, 0.25) is 5.91 Å². The Morgan fingerprint density at radius 2 is 2.25 bits per heavy atom. The molecule has 4 nitrogen and oxygen atoms in total. The monoisotopic (exact) mass is 276 g/mol. The van der Waals surface area contributed by atoms with Gasteiger partial charge in [-0.2, -0.15) is 0 Å². The first-order valence-electron chi connectivity index (χ1n) is 7.28. The number of benzene rings is 1. The van der Waals surface area contributed by atoms with Gasteiger partial charge >= 0.3 is 0 Å². The van der Waals surface area contributed by atoms with Crippen LogP contribution in [0.4, 0.5) is 0 Å². The third-order valence-electron chi connectivity index (χ3n) is 3.82. The second-order valence-electron chi connectivity index (χ2n) is 5.52. The van der Waals surface area contributed by atoms with Crippen molar-refractivity contribution < 1.29 is 9.53 Å². The molecule has 1 amide bonds. The van der Waals surface area contributed by atoms with E-state index in [0.717, 1.165) is 30.5 Å². The van der Waals surface area contributed by atoms with Gasteiger partial charge in [-0.15, -0.1) is 0 Å². The normalized spacial score (nSPS) is 22.5. The zero-order valence-corrected chi connectivity index (χ0v) is 12.3. The van der Waals surface area contributed by atoms with Crippen LogP contribution in [0.1, 0.15) is 30.9 Å². The molecule has 4 heteroatoms. The molecule has 1 aliphatic rings. The van der Waals surface area contributed by atoms with Gasteiger partial charge < -0.3 is 15.4 Å². The lowest BCUT2D eigenvalue weighted by Gasteiger charge is -2.28. The highest BCUT2D eigenvalue weighted by atomic mass is 16.5. The molecule has 110 valence electrons. The zero-order valence-electron chi connectivity index (χ0n) is 12.3. The Hall–Kier alpha value is -1.39. The third kappa shape index (κ3) is 4.05. The van der Waals surface area contributed by atoms with Crippen LogP contribution in [0.25, 0.3) is 0 Å². The van der Waals surface area contributed by atoms with E-state index in [0.29, 0.717) is 19.1 Å². The fourth-order valence-electron chi connectivity index (χ4n) is 2.70. The molecule has 1 aromatic rings. The molecule has 1 aliphatic heterocycles. The number of rotatable bonds is 5. The van der Waals surface area contributed by atoms with Crippen LogP contribution in [0.15, 0.2) is 24.3 Å². The molecule has 2 rings (SSSR count). The third-order valence-corrected chi connectivity index (χ3v) is 3.82. The van der Waals surface area contributed by atoms with E-state index >= 15 is 0 Å². The van der Waals surface area contributed by atoms with E-state index in [4.69, 9.17) is 4.74 Å². The van der Waals surface area contributed by atoms with Gasteiger partial charge in [0.1, 0.15) is 0 Å². The number of amides is 1. The summed E-state index contributed by atoms with van der Waals surface area (Å²) in [6.07, 6.45) is 2.28. The summed E-state index contributed by atoms with van der Waals surface area (Å²) in [5.41, 5.74) is 2.24. The van der Waals surface area contributed by atoms with Crippen molar-refractivity contribution in [3.63, 3.8) is 0 Å². The largest absolute Gasteiger partial charge is 0.380 e. The number of carbonyl (C=O) groups excluding carboxylic acids is 1. The second kappa shape index (κ2) is 7.41. The smallest absolute Gasteiger partial charge is 0.237 e. The summed E-state index contributed by atoms with van der Waals surface area (Å²) in [6.45, 7) is 4.24. The van der Waals surface area contributed by atoms with Crippen molar-refractivity contribution in [1.29, 1.82) is 0 Å². The Bertz CT molecular complexity index is 448. The molecule has 1 saturated heterocycles. The van der Waals surface area contributed by atoms with Crippen LogP contribution in [0.3, 0.4) is 0 Å². The minimum absolute atomic E-state index is 0.0501. The molecule has 0 aromatic heterocycles. The Labute approximate surface area is 120 Å². The molecule has 2 unspecified atom stereocenters. The molecule has 1 aromatic carbocycles. The van der Waals surface area contributed by atoms with Crippen LogP contribution in [-0.4, -0.2) is 25.6 Å². The van der Waals surface area contributed by atoms with Crippen molar-refractivity contribution in [3.05, 3.63) is 35.4 Å². The summed E-state index contributed by atoms with van der Waals surface area (Å²) in [6, 6.07) is 8.07. The quantitative estimate of drug-likeness (QED) is 0.863. The Balaban J connectivity index is 1.87. The van der Waals surface area contributed by atoms with Gasteiger partial charge in [-0.1, -0.05) is 31.2 Å². The lowest BCUT2D eigenvalue weighted by Crippen LogP contribution is -2.50. The fraction of sp³-hybridized carbons (Fsp3) is 0.562. The molecule has 0 spiro atoms. The Kier molecular flexibility index (Phi) is 5.56. The van der Waals surface area contributed by atoms with E-state index in [1.807, 2.05) is 18.2 Å². The number of nitrogens with one attached hydrogen (secondary N) is 2. The first-order valence-corrected chi connectivity index (χ1v) is 7.28. The molecule has 0 radical (unpaired) electrons. The second-order valence-corrected chi connectivity index (χ2v) is 5.52. The van der Waals surface area contributed by atoms with Crippen molar-refractivity contribution in [1.82, 2.24) is 10.6 Å². The minimum atomic E-state index is -0.0501. The molecule has 1 fully saturated rings. The molecule has 0 saturated carbocycles. The summed E-state index contributed by atoms with van der Waals surface area (Å²) in [4.78, 5) is 12.2. The zero-order chi connectivity index (χ0) is 14.4. The van der Waals surface area contributed by atoms with Crippen LogP contribution in [0.2, 0.25) is 0 Å². The maximum atomic E-state index is 12.2. The molecule has 2 N–H and O–H groups in total. The van der Waals surface area contributed by atoms with Crippen LogP contribution in [0.5, 0.6) is 0 Å². The van der Waals surface area contributed by atoms with Gasteiger partial charge in [-0.05, 0) is 36.4 Å². The number of methoxy groups -OCH3 is 1. The minimum Gasteiger partial charge on any atom is -0.380 e. The van der Waals surface area contributed by atoms with Gasteiger partial charge in [-0.3, -0.25) is 4.79 Å². The molecular formula is C16H24N2O2. The summed E-state index contributed by atoms with van der Waals surface area (Å²) in [5.74, 6) is 0.512. The number of piperidine rings is 1. The van der Waals surface area contributed by atoms with Crippen LogP contribution in [-0.2, 0) is 22.7 Å². The van der Waals surface area contributed by atoms with E-state index in [-0.39, 0.29) is 11.9 Å². The van der Waals surface area contributed by atoms with E-state index < -0.39 is 0 Å². The molecule has 0 bridgehead atoms. The van der Waals surface area contributed by atoms with Crippen molar-refractivity contribution in [2.75, 3.05) is 13.7 Å². The average Bonchev–Trinajstić information content (AvgIpc) is 2.46. The standard InChI is InChI=1S/C16H24N2O2/c1-12-5-4-8-17-15(12)16(19)18-10-13-6-3-7-14(9-13)11-20-2/h3,6-7,9,12,15,17H,4-5,8,10-11H2,1-2H3,(H,18,19). The van der Waals surface area contributed by atoms with Gasteiger partial charge in [0, 0.05) is 13.7 Å². The van der Waals surface area contributed by atoms with Crippen LogP contribution < -0.4 is 10.6 Å². The summed E-state index contributed by atoms with van der Waals surface area (Å²) in [7, 11) is 1.69. The van der Waals surface area contributed by atoms with Crippen LogP contribution >= 0.6 is 0 Å². The van der Waals surface area contributed by atoms with Gasteiger partial charge in [0.25, 0.3) is 0 Å². The van der Waals surface area contributed by atoms with E-state index in [9.17, 15) is 4.79 Å². The Morgan fingerprint density at radius 3 is 3.00 bits per heavy atom. The first kappa shape index (κ1) is 15.0. The first-order chi connectivity index (χ1) is 9.70. The lowest BCUT2D eigenvalue weighted by atomic mass is 9.92. The summed E-state index contributed by atoms with van der Waals surface area (Å²) in [5, 5.41) is 6.33. The SMILES string of the molecule is COCc1cccc(CNC(=O)C2NCCCC2C)c1. The molecular weight excluding hydrogens is 252 g/mol. The Morgan fingerprint density at radius 1 is 1.45 bits per heavy atom. The van der Waals surface area contributed by atoms with Crippen molar-refractivity contribution in [2.45, 2.75) is 39.0 Å². The summed E-state index contributed by atoms with van der Waals surface area (Å²) < 4.78 is 5.12. The van der Waals surface area contributed by atoms with Crippen molar-refractivity contribution in [2.24, 2.45) is 5.92 Å². The van der Waals surface area contributed by atoms with E-state index in [1.54, 1.807) is 7.11 Å². The highest BCUT2D eigenvalue weighted by Gasteiger charge is 2.26. The lowest BCUT2D eigenvalue weighted by molar-refractivity contribution is -0.125. The maximum absolute atomic E-state index is 12.2. The molecule has 0 aliphatic carbocycles. The van der Waals surface area contributed by atoms with E-state index in [1.165, 1.54) is 0 Å². The molecule has 20 heavy (non-hydrogen) atoms. The van der Waals surface area contributed by atoms with Gasteiger partial charge in [0.15, 0.2) is 0 Å². The fourth-order valence-corrected chi connectivity index (χ4v) is 2.70. The number of hydrogen-bond acceptors (Lipinski definition) is 3. The maximum Gasteiger partial charge on any atom is 0.237 e. The summed E-state index contributed by atoms with van der Waals surface area (Å²) >= 11 is 0. The predicted molar refractivity (Wildman–Crippen MR) is 79.2 cm³/mol. The van der Waals surface area contributed by atoms with Gasteiger partial charge in [0.05, 0.1) is 12.6 Å². The van der Waals surface area contributed by atoms with Crippen molar-refractivity contribution in [3.8, 4) is 0 Å². The average molecular weight is 276 g/mol. The van der Waals surface area contributed by atoms with Crippen molar-refractivity contribution >= 4 is 5.91 Å². The number of ether oxygens (including phenoxy) is 1.